The van der Waals surface area contributed by atoms with Crippen molar-refractivity contribution < 1.29 is 9.53 Å². The molecule has 0 saturated heterocycles. The molecule has 0 spiro atoms. The monoisotopic (exact) mass is 451 g/mol. The number of anilines is 1. The van der Waals surface area contributed by atoms with E-state index in [2.05, 4.69) is 10.1 Å². The van der Waals surface area contributed by atoms with Crippen molar-refractivity contribution in [2.45, 2.75) is 19.9 Å². The van der Waals surface area contributed by atoms with Crippen molar-refractivity contribution in [3.8, 4) is 0 Å². The molecule has 0 bridgehead atoms. The highest BCUT2D eigenvalue weighted by atomic mass is 32.1. The van der Waals surface area contributed by atoms with Crippen molar-refractivity contribution in [3.63, 3.8) is 0 Å². The van der Waals surface area contributed by atoms with E-state index in [4.69, 9.17) is 4.74 Å². The molecule has 0 radical (unpaired) electrons. The lowest BCUT2D eigenvalue weighted by molar-refractivity contribution is -0.136. The quantitative estimate of drug-likeness (QED) is 0.562. The lowest BCUT2D eigenvalue weighted by atomic mass is 9.95. The number of hydrogen-bond acceptors (Lipinski definition) is 7. The Hall–Kier alpha value is -3.46. The molecule has 1 unspecified atom stereocenters. The average molecular weight is 452 g/mol. The Morgan fingerprint density at radius 3 is 2.47 bits per heavy atom. The fourth-order valence-electron chi connectivity index (χ4n) is 3.76. The maximum Gasteiger partial charge on any atom is 0.338 e. The van der Waals surface area contributed by atoms with E-state index in [0.29, 0.717) is 20.6 Å². The van der Waals surface area contributed by atoms with E-state index < -0.39 is 12.0 Å². The summed E-state index contributed by atoms with van der Waals surface area (Å²) in [7, 11) is 7.12. The van der Waals surface area contributed by atoms with Gasteiger partial charge in [0, 0.05) is 38.1 Å². The third-order valence-corrected chi connectivity index (χ3v) is 6.69. The highest BCUT2D eigenvalue weighted by molar-refractivity contribution is 7.07. The molecule has 3 aromatic rings. The molecule has 3 heterocycles. The summed E-state index contributed by atoms with van der Waals surface area (Å²) < 4.78 is 8.94. The van der Waals surface area contributed by atoms with E-state index in [-0.39, 0.29) is 5.56 Å². The van der Waals surface area contributed by atoms with Gasteiger partial charge in [0.25, 0.3) is 5.56 Å². The van der Waals surface area contributed by atoms with Crippen molar-refractivity contribution in [3.05, 3.63) is 78.2 Å². The van der Waals surface area contributed by atoms with Gasteiger partial charge < -0.3 is 9.64 Å². The van der Waals surface area contributed by atoms with Gasteiger partial charge in [-0.05, 0) is 37.6 Å². The Balaban J connectivity index is 1.96. The van der Waals surface area contributed by atoms with Crippen LogP contribution in [0.4, 0.5) is 5.69 Å². The van der Waals surface area contributed by atoms with E-state index in [9.17, 15) is 9.59 Å². The molecular formula is C23H25N5O3S. The highest BCUT2D eigenvalue weighted by Gasteiger charge is 2.33. The van der Waals surface area contributed by atoms with Crippen LogP contribution < -0.4 is 19.8 Å². The minimum Gasteiger partial charge on any atom is -0.466 e. The number of esters is 1. The first-order valence-electron chi connectivity index (χ1n) is 10.1. The first kappa shape index (κ1) is 21.8. The van der Waals surface area contributed by atoms with Gasteiger partial charge in [-0.2, -0.15) is 5.10 Å². The molecule has 0 N–H and O–H groups in total. The molecule has 1 atom stereocenters. The number of hydrogen-bond donors (Lipinski definition) is 0. The summed E-state index contributed by atoms with van der Waals surface area (Å²) in [6, 6.07) is 7.18. The topological polar surface area (TPSA) is 81.7 Å². The normalized spacial score (nSPS) is 16.1. The zero-order valence-corrected chi connectivity index (χ0v) is 19.7. The molecule has 2 aromatic heterocycles. The van der Waals surface area contributed by atoms with Crippen molar-refractivity contribution in [1.29, 1.82) is 0 Å². The largest absolute Gasteiger partial charge is 0.466 e. The molecule has 0 fully saturated rings. The van der Waals surface area contributed by atoms with Crippen LogP contribution in [0.3, 0.4) is 0 Å². The van der Waals surface area contributed by atoms with E-state index in [1.807, 2.05) is 63.3 Å². The molecule has 1 aromatic carbocycles. The summed E-state index contributed by atoms with van der Waals surface area (Å²) in [5.41, 5.74) is 4.37. The number of ether oxygens (including phenoxy) is 1. The number of carbonyl (C=O) groups excluding carboxylic acids is 1. The number of aryl methyl sites for hydroxylation is 1. The van der Waals surface area contributed by atoms with Gasteiger partial charge in [0.15, 0.2) is 4.80 Å². The Kier molecular flexibility index (Phi) is 5.60. The van der Waals surface area contributed by atoms with Gasteiger partial charge >= 0.3 is 5.97 Å². The van der Waals surface area contributed by atoms with E-state index in [0.717, 1.165) is 22.5 Å². The summed E-state index contributed by atoms with van der Waals surface area (Å²) in [6.45, 7) is 3.72. The predicted octanol–water partition coefficient (Wildman–Crippen LogP) is 1.52. The maximum absolute atomic E-state index is 13.5. The second kappa shape index (κ2) is 8.23. The number of benzene rings is 1. The lowest BCUT2D eigenvalue weighted by Crippen LogP contribution is -2.39. The third kappa shape index (κ3) is 3.58. The number of fused-ring (bicyclic) bond motifs is 1. The van der Waals surface area contributed by atoms with Crippen LogP contribution in [0.2, 0.25) is 0 Å². The standard InChI is InChI=1S/C23H25N5O3S/c1-13-19(22(30)31-6)20(15-7-9-17(10-8-15)26(3)4)28-21(29)18(32-23(28)25-13)11-16-12-24-27(5)14(16)2/h7-12,20H,1-6H3/b18-11+. The van der Waals surface area contributed by atoms with E-state index >= 15 is 0 Å². The minimum atomic E-state index is -0.618. The van der Waals surface area contributed by atoms with Gasteiger partial charge in [0.05, 0.1) is 35.2 Å². The SMILES string of the molecule is COC(=O)C1=C(C)N=c2s/c(=C/c3cnn(C)c3C)c(=O)n2C1c1ccc(N(C)C)cc1. The van der Waals surface area contributed by atoms with Gasteiger partial charge in [0.1, 0.15) is 0 Å². The van der Waals surface area contributed by atoms with Gasteiger partial charge in [-0.15, -0.1) is 0 Å². The molecule has 4 rings (SSSR count). The smallest absolute Gasteiger partial charge is 0.338 e. The molecule has 0 aliphatic carbocycles. The lowest BCUT2D eigenvalue weighted by Gasteiger charge is -2.25. The van der Waals surface area contributed by atoms with Crippen molar-refractivity contribution in [1.82, 2.24) is 14.3 Å². The fourth-order valence-corrected chi connectivity index (χ4v) is 4.80. The van der Waals surface area contributed by atoms with Crippen LogP contribution in [0.1, 0.15) is 29.8 Å². The molecular weight excluding hydrogens is 426 g/mol. The second-order valence-electron chi connectivity index (χ2n) is 7.87. The summed E-state index contributed by atoms with van der Waals surface area (Å²) in [4.78, 5) is 33.4. The summed E-state index contributed by atoms with van der Waals surface area (Å²) in [5.74, 6) is -0.495. The molecule has 1 aliphatic rings. The molecule has 1 aliphatic heterocycles. The number of aromatic nitrogens is 3. The van der Waals surface area contributed by atoms with Gasteiger partial charge in [-0.25, -0.2) is 9.79 Å². The van der Waals surface area contributed by atoms with Crippen LogP contribution in [0.15, 0.2) is 51.5 Å². The van der Waals surface area contributed by atoms with E-state index in [1.54, 1.807) is 22.4 Å². The number of carbonyl (C=O) groups is 1. The maximum atomic E-state index is 13.5. The number of allylic oxidation sites excluding steroid dienone is 1. The first-order valence-corrected chi connectivity index (χ1v) is 10.9. The Morgan fingerprint density at radius 1 is 1.22 bits per heavy atom. The van der Waals surface area contributed by atoms with Crippen LogP contribution >= 0.6 is 11.3 Å². The van der Waals surface area contributed by atoms with Crippen LogP contribution in [0.25, 0.3) is 6.08 Å². The van der Waals surface area contributed by atoms with Gasteiger partial charge in [0.2, 0.25) is 0 Å². The van der Waals surface area contributed by atoms with Crippen molar-refractivity contribution in [2.24, 2.45) is 12.0 Å². The van der Waals surface area contributed by atoms with Crippen LogP contribution in [0, 0.1) is 6.92 Å². The highest BCUT2D eigenvalue weighted by Crippen LogP contribution is 2.31. The molecule has 0 saturated carbocycles. The molecule has 8 nitrogen and oxygen atoms in total. The first-order chi connectivity index (χ1) is 15.2. The minimum absolute atomic E-state index is 0.201. The van der Waals surface area contributed by atoms with Crippen molar-refractivity contribution >= 4 is 29.1 Å². The van der Waals surface area contributed by atoms with Crippen LogP contribution in [-0.2, 0) is 16.6 Å². The summed E-state index contributed by atoms with van der Waals surface area (Å²) >= 11 is 1.30. The summed E-state index contributed by atoms with van der Waals surface area (Å²) in [5, 5.41) is 4.25. The van der Waals surface area contributed by atoms with Gasteiger partial charge in [-0.1, -0.05) is 23.5 Å². The Bertz CT molecular complexity index is 1410. The zero-order chi connectivity index (χ0) is 23.2. The molecule has 9 heteroatoms. The third-order valence-electron chi connectivity index (χ3n) is 5.71. The number of methoxy groups -OCH3 is 1. The number of nitrogens with zero attached hydrogens (tertiary/aromatic N) is 5. The number of rotatable bonds is 4. The second-order valence-corrected chi connectivity index (χ2v) is 8.88. The fraction of sp³-hybridized carbons (Fsp3) is 0.304. The number of thiazole rings is 1. The van der Waals surface area contributed by atoms with Gasteiger partial charge in [-0.3, -0.25) is 14.0 Å². The molecule has 0 amide bonds. The van der Waals surface area contributed by atoms with E-state index in [1.165, 1.54) is 18.4 Å². The molecule has 166 valence electrons. The van der Waals surface area contributed by atoms with Crippen molar-refractivity contribution in [2.75, 3.05) is 26.1 Å². The summed E-state index contributed by atoms with van der Waals surface area (Å²) in [6.07, 6.45) is 3.56. The van der Waals surface area contributed by atoms with Crippen LogP contribution in [-0.4, -0.2) is 41.5 Å². The zero-order valence-electron chi connectivity index (χ0n) is 18.9. The average Bonchev–Trinajstić information content (AvgIpc) is 3.25. The molecule has 32 heavy (non-hydrogen) atoms. The predicted molar refractivity (Wildman–Crippen MR) is 124 cm³/mol. The Labute approximate surface area is 189 Å². The Morgan fingerprint density at radius 2 is 1.91 bits per heavy atom. The van der Waals surface area contributed by atoms with Crippen LogP contribution in [0.5, 0.6) is 0 Å².